The third-order valence-electron chi connectivity index (χ3n) is 4.38. The minimum absolute atomic E-state index is 0.0796. The maximum Gasteiger partial charge on any atom is 0.263 e. The molecule has 3 rings (SSSR count). The van der Waals surface area contributed by atoms with Crippen molar-refractivity contribution in [3.8, 4) is 11.5 Å². The van der Waals surface area contributed by atoms with Crippen molar-refractivity contribution < 1.29 is 22.7 Å². The van der Waals surface area contributed by atoms with E-state index in [1.54, 1.807) is 30.3 Å². The quantitative estimate of drug-likeness (QED) is 0.594. The normalized spacial score (nSPS) is 10.9. The van der Waals surface area contributed by atoms with Crippen LogP contribution in [0, 0.1) is 6.92 Å². The van der Waals surface area contributed by atoms with Gasteiger partial charge in [-0.05, 0) is 55.5 Å². The van der Waals surface area contributed by atoms with E-state index in [-0.39, 0.29) is 10.5 Å². The molecule has 2 N–H and O–H groups in total. The van der Waals surface area contributed by atoms with Crippen LogP contribution in [0.4, 0.5) is 11.4 Å². The Kier molecular flexibility index (Phi) is 6.27. The number of carbonyl (C=O) groups is 1. The van der Waals surface area contributed by atoms with Crippen molar-refractivity contribution in [2.24, 2.45) is 0 Å². The average Bonchev–Trinajstić information content (AvgIpc) is 2.74. The molecule has 0 saturated carbocycles. The number of sulfonamides is 1. The van der Waals surface area contributed by atoms with Gasteiger partial charge in [0.25, 0.3) is 15.9 Å². The Bertz CT molecular complexity index is 1120. The van der Waals surface area contributed by atoms with Gasteiger partial charge in [0.15, 0.2) is 0 Å². The average molecular weight is 426 g/mol. The lowest BCUT2D eigenvalue weighted by atomic mass is 10.1. The lowest BCUT2D eigenvalue weighted by molar-refractivity contribution is 0.102. The van der Waals surface area contributed by atoms with E-state index in [0.29, 0.717) is 22.9 Å². The molecule has 0 spiro atoms. The van der Waals surface area contributed by atoms with Gasteiger partial charge < -0.3 is 14.8 Å². The van der Waals surface area contributed by atoms with Crippen LogP contribution >= 0.6 is 0 Å². The van der Waals surface area contributed by atoms with Crippen molar-refractivity contribution >= 4 is 27.3 Å². The van der Waals surface area contributed by atoms with Crippen LogP contribution in [0.3, 0.4) is 0 Å². The summed E-state index contributed by atoms with van der Waals surface area (Å²) in [6.45, 7) is 1.92. The molecular formula is C22H22N2O5S. The summed E-state index contributed by atoms with van der Waals surface area (Å²) in [5.74, 6) is 0.305. The zero-order chi connectivity index (χ0) is 21.7. The van der Waals surface area contributed by atoms with E-state index in [2.05, 4.69) is 10.0 Å². The van der Waals surface area contributed by atoms with Crippen LogP contribution in [0.15, 0.2) is 71.6 Å². The van der Waals surface area contributed by atoms with E-state index in [0.717, 1.165) is 5.56 Å². The molecule has 156 valence electrons. The Morgan fingerprint density at radius 2 is 1.33 bits per heavy atom. The van der Waals surface area contributed by atoms with Crippen LogP contribution in [-0.2, 0) is 10.0 Å². The lowest BCUT2D eigenvalue weighted by Gasteiger charge is -2.13. The first-order valence-electron chi connectivity index (χ1n) is 9.06. The van der Waals surface area contributed by atoms with E-state index < -0.39 is 15.9 Å². The first kappa shape index (κ1) is 21.2. The predicted octanol–water partition coefficient (Wildman–Crippen LogP) is 4.07. The molecule has 0 aliphatic heterocycles. The molecular weight excluding hydrogens is 404 g/mol. The number of rotatable bonds is 7. The Hall–Kier alpha value is -3.52. The Morgan fingerprint density at radius 1 is 0.800 bits per heavy atom. The fourth-order valence-corrected chi connectivity index (χ4v) is 3.88. The summed E-state index contributed by atoms with van der Waals surface area (Å²) in [7, 11) is -0.819. The van der Waals surface area contributed by atoms with Gasteiger partial charge in [0.05, 0.1) is 19.1 Å². The second-order valence-electron chi connectivity index (χ2n) is 6.49. The van der Waals surface area contributed by atoms with Crippen molar-refractivity contribution in [3.05, 3.63) is 77.9 Å². The monoisotopic (exact) mass is 426 g/mol. The molecule has 30 heavy (non-hydrogen) atoms. The number of nitrogens with one attached hydrogen (secondary N) is 2. The van der Waals surface area contributed by atoms with E-state index in [1.807, 2.05) is 19.1 Å². The van der Waals surface area contributed by atoms with Crippen molar-refractivity contribution in [1.82, 2.24) is 0 Å². The van der Waals surface area contributed by atoms with Gasteiger partial charge in [0.2, 0.25) is 0 Å². The van der Waals surface area contributed by atoms with E-state index in [1.165, 1.54) is 38.5 Å². The van der Waals surface area contributed by atoms with Crippen LogP contribution in [0.5, 0.6) is 11.5 Å². The van der Waals surface area contributed by atoms with Crippen molar-refractivity contribution in [2.75, 3.05) is 24.3 Å². The van der Waals surface area contributed by atoms with Crippen LogP contribution in [0.25, 0.3) is 0 Å². The molecule has 0 fully saturated rings. The number of methoxy groups -OCH3 is 2. The Balaban J connectivity index is 1.78. The molecule has 8 heteroatoms. The number of benzene rings is 3. The van der Waals surface area contributed by atoms with E-state index in [9.17, 15) is 13.2 Å². The highest BCUT2D eigenvalue weighted by molar-refractivity contribution is 7.92. The highest BCUT2D eigenvalue weighted by Gasteiger charge is 2.19. The zero-order valence-corrected chi connectivity index (χ0v) is 17.6. The molecule has 0 radical (unpaired) electrons. The number of hydrogen-bond donors (Lipinski definition) is 2. The van der Waals surface area contributed by atoms with Crippen LogP contribution < -0.4 is 19.5 Å². The fourth-order valence-electron chi connectivity index (χ4n) is 2.82. The molecule has 1 amide bonds. The third-order valence-corrected chi connectivity index (χ3v) is 5.78. The summed E-state index contributed by atoms with van der Waals surface area (Å²) >= 11 is 0. The molecule has 0 saturated heterocycles. The summed E-state index contributed by atoms with van der Waals surface area (Å²) in [6, 6.07) is 17.9. The lowest BCUT2D eigenvalue weighted by Crippen LogP contribution is -2.15. The maximum atomic E-state index is 12.7. The Morgan fingerprint density at radius 3 is 1.87 bits per heavy atom. The second kappa shape index (κ2) is 8.87. The minimum Gasteiger partial charge on any atom is -0.496 e. The third kappa shape index (κ3) is 4.72. The molecule has 3 aromatic carbocycles. The molecule has 0 unspecified atom stereocenters. The fraction of sp³-hybridized carbons (Fsp3) is 0.136. The first-order valence-corrected chi connectivity index (χ1v) is 10.5. The van der Waals surface area contributed by atoms with Crippen molar-refractivity contribution in [1.29, 1.82) is 0 Å². The number of anilines is 2. The molecule has 0 aliphatic carbocycles. The van der Waals surface area contributed by atoms with Crippen molar-refractivity contribution in [2.45, 2.75) is 11.8 Å². The summed E-state index contributed by atoms with van der Waals surface area (Å²) in [5.41, 5.74) is 2.19. The van der Waals surface area contributed by atoms with E-state index in [4.69, 9.17) is 9.47 Å². The summed E-state index contributed by atoms with van der Waals surface area (Å²) in [5, 5.41) is 2.73. The highest BCUT2D eigenvalue weighted by atomic mass is 32.2. The first-order chi connectivity index (χ1) is 14.3. The number of ether oxygens (including phenoxy) is 2. The molecule has 0 atom stereocenters. The molecule has 3 aromatic rings. The molecule has 0 aliphatic rings. The van der Waals surface area contributed by atoms with Gasteiger partial charge >= 0.3 is 0 Å². The van der Waals surface area contributed by atoms with Gasteiger partial charge in [-0.2, -0.15) is 0 Å². The molecule has 0 bridgehead atoms. The molecule has 0 aromatic heterocycles. The second-order valence-corrected chi connectivity index (χ2v) is 8.17. The summed E-state index contributed by atoms with van der Waals surface area (Å²) < 4.78 is 38.2. The van der Waals surface area contributed by atoms with Crippen LogP contribution in [-0.4, -0.2) is 28.5 Å². The molecule has 7 nitrogen and oxygen atoms in total. The number of hydrogen-bond acceptors (Lipinski definition) is 5. The standard InChI is InChI=1S/C22H22N2O5S/c1-15-7-9-17(10-8-15)24-30(26,27)18-13-11-16(12-14-18)23-22(25)21-19(28-2)5-4-6-20(21)29-3/h4-14,24H,1-3H3,(H,23,25). The SMILES string of the molecule is COc1cccc(OC)c1C(=O)Nc1ccc(S(=O)(=O)Nc2ccc(C)cc2)cc1. The Labute approximate surface area is 175 Å². The van der Waals surface area contributed by atoms with Gasteiger partial charge in [-0.1, -0.05) is 23.8 Å². The van der Waals surface area contributed by atoms with Crippen LogP contribution in [0.1, 0.15) is 15.9 Å². The largest absolute Gasteiger partial charge is 0.496 e. The van der Waals surface area contributed by atoms with Gasteiger partial charge in [-0.15, -0.1) is 0 Å². The van der Waals surface area contributed by atoms with Gasteiger partial charge in [-0.25, -0.2) is 8.42 Å². The topological polar surface area (TPSA) is 93.7 Å². The highest BCUT2D eigenvalue weighted by Crippen LogP contribution is 2.29. The maximum absolute atomic E-state index is 12.7. The minimum atomic E-state index is -3.75. The number of carbonyl (C=O) groups excluding carboxylic acids is 1. The van der Waals surface area contributed by atoms with Crippen LogP contribution in [0.2, 0.25) is 0 Å². The number of amides is 1. The van der Waals surface area contributed by atoms with Gasteiger partial charge in [0, 0.05) is 11.4 Å². The molecule has 0 heterocycles. The van der Waals surface area contributed by atoms with Gasteiger partial charge in [-0.3, -0.25) is 9.52 Å². The summed E-state index contributed by atoms with van der Waals surface area (Å²) in [6.07, 6.45) is 0. The smallest absolute Gasteiger partial charge is 0.263 e. The zero-order valence-electron chi connectivity index (χ0n) is 16.8. The number of aryl methyl sites for hydroxylation is 1. The van der Waals surface area contributed by atoms with E-state index >= 15 is 0 Å². The van der Waals surface area contributed by atoms with Gasteiger partial charge in [0.1, 0.15) is 17.1 Å². The van der Waals surface area contributed by atoms with Crippen molar-refractivity contribution in [3.63, 3.8) is 0 Å². The predicted molar refractivity (Wildman–Crippen MR) is 116 cm³/mol. The summed E-state index contributed by atoms with van der Waals surface area (Å²) in [4.78, 5) is 12.8.